The minimum absolute atomic E-state index is 0.0397. The molecule has 0 radical (unpaired) electrons. The molecule has 1 aliphatic heterocycles. The van der Waals surface area contributed by atoms with Crippen LogP contribution >= 0.6 is 15.9 Å². The van der Waals surface area contributed by atoms with E-state index < -0.39 is 17.8 Å². The zero-order chi connectivity index (χ0) is 15.9. The van der Waals surface area contributed by atoms with E-state index in [0.29, 0.717) is 11.3 Å². The number of aromatic hydroxyl groups is 1. The van der Waals surface area contributed by atoms with Gasteiger partial charge in [-0.25, -0.2) is 4.39 Å². The first kappa shape index (κ1) is 14.6. The van der Waals surface area contributed by atoms with Crippen molar-refractivity contribution in [2.45, 2.75) is 5.92 Å². The van der Waals surface area contributed by atoms with Crippen molar-refractivity contribution in [3.05, 3.63) is 51.7 Å². The second kappa shape index (κ2) is 5.49. The van der Waals surface area contributed by atoms with Gasteiger partial charge >= 0.3 is 0 Å². The average Bonchev–Trinajstić information content (AvgIpc) is 2.44. The molecule has 22 heavy (non-hydrogen) atoms. The standard InChI is InChI=1S/C15H12BrFN2O3/c16-7-1-2-13-9(3-7)11(6-21-15(18)19)10-4-8(20)5-12(17)14(10)22-13/h1-5,11,20H,6H2,(H3,18,19)/t11-/m1/s1. The molecule has 0 aromatic heterocycles. The second-order valence-corrected chi connectivity index (χ2v) is 5.77. The minimum Gasteiger partial charge on any atom is -0.508 e. The van der Waals surface area contributed by atoms with Gasteiger partial charge in [0.05, 0.1) is 5.92 Å². The fraction of sp³-hybridized carbons (Fsp3) is 0.133. The van der Waals surface area contributed by atoms with E-state index in [9.17, 15) is 9.50 Å². The number of rotatable bonds is 2. The summed E-state index contributed by atoms with van der Waals surface area (Å²) in [5.41, 5.74) is 6.44. The number of hydrogen-bond acceptors (Lipinski definition) is 4. The van der Waals surface area contributed by atoms with Gasteiger partial charge in [0.25, 0.3) is 6.02 Å². The lowest BCUT2D eigenvalue weighted by atomic mass is 9.88. The van der Waals surface area contributed by atoms with Crippen LogP contribution in [-0.4, -0.2) is 17.7 Å². The van der Waals surface area contributed by atoms with E-state index in [2.05, 4.69) is 15.9 Å². The molecular formula is C15H12BrFN2O3. The van der Waals surface area contributed by atoms with E-state index >= 15 is 0 Å². The number of benzene rings is 2. The minimum atomic E-state index is -0.656. The molecule has 0 saturated heterocycles. The van der Waals surface area contributed by atoms with E-state index in [1.807, 2.05) is 6.07 Å². The number of phenols is 1. The highest BCUT2D eigenvalue weighted by atomic mass is 79.9. The molecule has 0 bridgehead atoms. The molecule has 2 aromatic carbocycles. The normalized spacial score (nSPS) is 15.5. The van der Waals surface area contributed by atoms with Crippen LogP contribution in [0, 0.1) is 11.2 Å². The molecule has 2 aromatic rings. The third-order valence-electron chi connectivity index (χ3n) is 3.40. The first-order chi connectivity index (χ1) is 10.5. The molecule has 7 heteroatoms. The van der Waals surface area contributed by atoms with Crippen LogP contribution in [0.2, 0.25) is 0 Å². The Kier molecular flexibility index (Phi) is 3.66. The van der Waals surface area contributed by atoms with Gasteiger partial charge in [0, 0.05) is 21.7 Å². The molecule has 114 valence electrons. The van der Waals surface area contributed by atoms with Crippen LogP contribution in [0.5, 0.6) is 17.2 Å². The van der Waals surface area contributed by atoms with Gasteiger partial charge in [-0.15, -0.1) is 0 Å². The summed E-state index contributed by atoms with van der Waals surface area (Å²) in [5.74, 6) is -0.730. The van der Waals surface area contributed by atoms with E-state index in [1.54, 1.807) is 12.1 Å². The molecule has 0 aliphatic carbocycles. The topological polar surface area (TPSA) is 88.6 Å². The lowest BCUT2D eigenvalue weighted by Crippen LogP contribution is -2.22. The third-order valence-corrected chi connectivity index (χ3v) is 3.89. The second-order valence-electron chi connectivity index (χ2n) is 4.86. The van der Waals surface area contributed by atoms with Gasteiger partial charge in [-0.3, -0.25) is 5.41 Å². The molecule has 1 heterocycles. The smallest absolute Gasteiger partial charge is 0.279 e. The molecule has 0 amide bonds. The third kappa shape index (κ3) is 2.59. The molecule has 1 atom stereocenters. The summed E-state index contributed by atoms with van der Waals surface area (Å²) in [5, 5.41) is 16.9. The summed E-state index contributed by atoms with van der Waals surface area (Å²) >= 11 is 3.38. The summed E-state index contributed by atoms with van der Waals surface area (Å²) in [4.78, 5) is 0. The lowest BCUT2D eigenvalue weighted by molar-refractivity contribution is 0.272. The molecule has 0 spiro atoms. The van der Waals surface area contributed by atoms with E-state index in [4.69, 9.17) is 20.6 Å². The fourth-order valence-corrected chi connectivity index (χ4v) is 2.86. The Labute approximate surface area is 134 Å². The summed E-state index contributed by atoms with van der Waals surface area (Å²) in [7, 11) is 0. The lowest BCUT2D eigenvalue weighted by Gasteiger charge is -2.28. The number of phenolic OH excluding ortho intramolecular Hbond substituents is 1. The predicted octanol–water partition coefficient (Wildman–Crippen LogP) is 3.44. The van der Waals surface area contributed by atoms with E-state index in [0.717, 1.165) is 16.1 Å². The summed E-state index contributed by atoms with van der Waals surface area (Å²) in [6, 6.07) is 7.32. The SMILES string of the molecule is N=C(N)OC[C@@H]1c2cc(Br)ccc2Oc2c(F)cc(O)cc21. The number of fused-ring (bicyclic) bond motifs is 2. The largest absolute Gasteiger partial charge is 0.508 e. The van der Waals surface area contributed by atoms with Gasteiger partial charge in [-0.1, -0.05) is 15.9 Å². The zero-order valence-electron chi connectivity index (χ0n) is 11.3. The zero-order valence-corrected chi connectivity index (χ0v) is 12.9. The predicted molar refractivity (Wildman–Crippen MR) is 82.0 cm³/mol. The Morgan fingerprint density at radius 1 is 1.36 bits per heavy atom. The Morgan fingerprint density at radius 2 is 2.14 bits per heavy atom. The Hall–Kier alpha value is -2.28. The van der Waals surface area contributed by atoms with Crippen LogP contribution in [0.25, 0.3) is 0 Å². The van der Waals surface area contributed by atoms with Gasteiger partial charge < -0.3 is 20.3 Å². The highest BCUT2D eigenvalue weighted by Gasteiger charge is 2.31. The first-order valence-electron chi connectivity index (χ1n) is 6.42. The number of nitrogens with two attached hydrogens (primary N) is 1. The highest BCUT2D eigenvalue weighted by Crippen LogP contribution is 2.47. The number of hydrogen-bond donors (Lipinski definition) is 3. The van der Waals surface area contributed by atoms with Gasteiger partial charge in [-0.2, -0.15) is 0 Å². The van der Waals surface area contributed by atoms with Gasteiger partial charge in [0.15, 0.2) is 11.6 Å². The molecule has 4 N–H and O–H groups in total. The number of nitrogens with one attached hydrogen (secondary N) is 1. The first-order valence-corrected chi connectivity index (χ1v) is 7.21. The number of halogens is 2. The molecule has 5 nitrogen and oxygen atoms in total. The molecule has 0 saturated carbocycles. The summed E-state index contributed by atoms with van der Waals surface area (Å²) in [6.45, 7) is 0.0397. The van der Waals surface area contributed by atoms with Crippen molar-refractivity contribution >= 4 is 22.0 Å². The number of amidine groups is 1. The maximum absolute atomic E-state index is 14.1. The molecule has 1 aliphatic rings. The van der Waals surface area contributed by atoms with Gasteiger partial charge in [-0.05, 0) is 24.3 Å². The average molecular weight is 367 g/mol. The maximum Gasteiger partial charge on any atom is 0.279 e. The molecular weight excluding hydrogens is 355 g/mol. The Bertz CT molecular complexity index is 767. The van der Waals surface area contributed by atoms with Crippen LogP contribution in [0.4, 0.5) is 4.39 Å². The molecule has 0 fully saturated rings. The Balaban J connectivity index is 2.14. The van der Waals surface area contributed by atoms with Crippen LogP contribution in [-0.2, 0) is 4.74 Å². The Morgan fingerprint density at radius 3 is 2.86 bits per heavy atom. The van der Waals surface area contributed by atoms with Crippen molar-refractivity contribution in [3.63, 3.8) is 0 Å². The van der Waals surface area contributed by atoms with E-state index in [1.165, 1.54) is 6.07 Å². The highest BCUT2D eigenvalue weighted by molar-refractivity contribution is 9.10. The van der Waals surface area contributed by atoms with Crippen molar-refractivity contribution in [3.8, 4) is 17.2 Å². The molecule has 0 unspecified atom stereocenters. The summed E-state index contributed by atoms with van der Waals surface area (Å²) < 4.78 is 25.6. The summed E-state index contributed by atoms with van der Waals surface area (Å²) in [6.07, 6.45) is 0. The van der Waals surface area contributed by atoms with Crippen molar-refractivity contribution in [2.75, 3.05) is 6.61 Å². The van der Waals surface area contributed by atoms with Crippen molar-refractivity contribution in [1.82, 2.24) is 0 Å². The van der Waals surface area contributed by atoms with Crippen molar-refractivity contribution in [2.24, 2.45) is 5.73 Å². The maximum atomic E-state index is 14.1. The van der Waals surface area contributed by atoms with Gasteiger partial charge in [0.2, 0.25) is 0 Å². The van der Waals surface area contributed by atoms with Crippen molar-refractivity contribution in [1.29, 1.82) is 5.41 Å². The van der Waals surface area contributed by atoms with E-state index in [-0.39, 0.29) is 18.1 Å². The van der Waals surface area contributed by atoms with Crippen LogP contribution in [0.3, 0.4) is 0 Å². The molecule has 3 rings (SSSR count). The fourth-order valence-electron chi connectivity index (χ4n) is 2.48. The van der Waals surface area contributed by atoms with Crippen LogP contribution < -0.4 is 10.5 Å². The van der Waals surface area contributed by atoms with Crippen molar-refractivity contribution < 1.29 is 19.0 Å². The quantitative estimate of drug-likeness (QED) is 0.561. The number of ether oxygens (including phenoxy) is 2. The monoisotopic (exact) mass is 366 g/mol. The van der Waals surface area contributed by atoms with Crippen LogP contribution in [0.1, 0.15) is 17.0 Å². The van der Waals surface area contributed by atoms with Crippen LogP contribution in [0.15, 0.2) is 34.8 Å². The van der Waals surface area contributed by atoms with Gasteiger partial charge in [0.1, 0.15) is 18.1 Å².